The van der Waals surface area contributed by atoms with E-state index < -0.39 is 0 Å². The summed E-state index contributed by atoms with van der Waals surface area (Å²) in [4.78, 5) is 16.5. The third kappa shape index (κ3) is 5.80. The van der Waals surface area contributed by atoms with Crippen molar-refractivity contribution < 1.29 is 4.79 Å². The highest BCUT2D eigenvalue weighted by Gasteiger charge is 2.26. The number of amides is 1. The summed E-state index contributed by atoms with van der Waals surface area (Å²) in [6.45, 7) is 10.3. The number of hydrogen-bond acceptors (Lipinski definition) is 6. The van der Waals surface area contributed by atoms with Gasteiger partial charge in [-0.15, -0.1) is 11.6 Å². The topological polar surface area (TPSA) is 95.4 Å². The highest BCUT2D eigenvalue weighted by atomic mass is 35.5. The molecule has 1 aliphatic rings. The van der Waals surface area contributed by atoms with Gasteiger partial charge < -0.3 is 21.3 Å². The molecule has 34 heavy (non-hydrogen) atoms. The number of aromatic nitrogens is 3. The van der Waals surface area contributed by atoms with Crippen LogP contribution in [0.2, 0.25) is 0 Å². The number of carbonyl (C=O) groups is 1. The first-order valence-corrected chi connectivity index (χ1v) is 12.4. The van der Waals surface area contributed by atoms with Gasteiger partial charge in [0.25, 0.3) is 0 Å². The first-order valence-electron chi connectivity index (χ1n) is 11.8. The van der Waals surface area contributed by atoms with Crippen molar-refractivity contribution >= 4 is 40.5 Å². The van der Waals surface area contributed by atoms with Gasteiger partial charge in [-0.05, 0) is 50.3 Å². The first-order chi connectivity index (χ1) is 16.2. The summed E-state index contributed by atoms with van der Waals surface area (Å²) in [5.41, 5.74) is 3.90. The highest BCUT2D eigenvalue weighted by Crippen LogP contribution is 2.26. The molecule has 1 saturated heterocycles. The maximum absolute atomic E-state index is 11.6. The molecule has 9 heteroatoms. The molecule has 2 aromatic heterocycles. The molecule has 3 heterocycles. The second-order valence-electron chi connectivity index (χ2n) is 9.90. The molecule has 1 aromatic carbocycles. The lowest BCUT2D eigenvalue weighted by Gasteiger charge is -2.36. The Bertz CT molecular complexity index is 1150. The lowest BCUT2D eigenvalue weighted by Crippen LogP contribution is -2.50. The number of carbonyl (C=O) groups excluding carboxylic acids is 1. The van der Waals surface area contributed by atoms with Gasteiger partial charge in [0, 0.05) is 42.0 Å². The number of alkyl halides is 1. The Morgan fingerprint density at radius 1 is 1.32 bits per heavy atom. The monoisotopic (exact) mass is 483 g/mol. The van der Waals surface area contributed by atoms with E-state index in [0.29, 0.717) is 18.5 Å². The molecule has 4 rings (SSSR count). The van der Waals surface area contributed by atoms with Gasteiger partial charge >= 0.3 is 0 Å². The van der Waals surface area contributed by atoms with Crippen molar-refractivity contribution in [3.63, 3.8) is 0 Å². The predicted molar refractivity (Wildman–Crippen MR) is 139 cm³/mol. The average Bonchev–Trinajstić information content (AvgIpc) is 3.23. The smallest absolute Gasteiger partial charge is 0.239 e. The number of piperidine rings is 1. The third-order valence-corrected chi connectivity index (χ3v) is 6.47. The van der Waals surface area contributed by atoms with Crippen molar-refractivity contribution in [2.75, 3.05) is 28.4 Å². The van der Waals surface area contributed by atoms with E-state index >= 15 is 0 Å². The SMILES string of the molecule is CC(C)c1cnn2c(NCc3cccc(NC(=O)CCl)c3)cc(N[C@H]3CCC(C)(C)NC3)nc12. The summed E-state index contributed by atoms with van der Waals surface area (Å²) in [6.07, 6.45) is 4.10. The normalized spacial score (nSPS) is 17.6. The van der Waals surface area contributed by atoms with E-state index in [1.54, 1.807) is 0 Å². The van der Waals surface area contributed by atoms with Gasteiger partial charge in [-0.3, -0.25) is 4.79 Å². The fraction of sp³-hybridized carbons (Fsp3) is 0.480. The lowest BCUT2D eigenvalue weighted by atomic mass is 9.91. The lowest BCUT2D eigenvalue weighted by molar-refractivity contribution is -0.113. The Morgan fingerprint density at radius 3 is 2.85 bits per heavy atom. The zero-order valence-electron chi connectivity index (χ0n) is 20.3. The Balaban J connectivity index is 1.56. The zero-order chi connectivity index (χ0) is 24.3. The second kappa shape index (κ2) is 10.2. The van der Waals surface area contributed by atoms with Crippen molar-refractivity contribution in [3.8, 4) is 0 Å². The van der Waals surface area contributed by atoms with Crippen LogP contribution in [0.4, 0.5) is 17.3 Å². The standard InChI is InChI=1S/C25H34ClN7O/c1-16(2)20-15-29-33-22(27-13-17-6-5-7-18(10-17)31-23(34)12-26)11-21(32-24(20)33)30-19-8-9-25(3,4)28-14-19/h5-7,10-11,15-16,19,27-28H,8-9,12-14H2,1-4H3,(H,30,32)(H,31,34)/t19-/m0/s1. The van der Waals surface area contributed by atoms with Crippen LogP contribution in [-0.4, -0.2) is 44.5 Å². The van der Waals surface area contributed by atoms with E-state index in [2.05, 4.69) is 54.1 Å². The molecule has 8 nitrogen and oxygen atoms in total. The Morgan fingerprint density at radius 2 is 2.15 bits per heavy atom. The van der Waals surface area contributed by atoms with Gasteiger partial charge in [0.15, 0.2) is 5.65 Å². The molecule has 1 amide bonds. The second-order valence-corrected chi connectivity index (χ2v) is 10.2. The van der Waals surface area contributed by atoms with Gasteiger partial charge in [-0.2, -0.15) is 9.61 Å². The number of halogens is 1. The molecule has 0 spiro atoms. The number of nitrogens with one attached hydrogen (secondary N) is 4. The van der Waals surface area contributed by atoms with Gasteiger partial charge in [0.1, 0.15) is 17.5 Å². The summed E-state index contributed by atoms with van der Waals surface area (Å²) >= 11 is 5.61. The summed E-state index contributed by atoms with van der Waals surface area (Å²) in [5, 5.41) is 18.1. The Hall–Kier alpha value is -2.84. The molecule has 0 radical (unpaired) electrons. The van der Waals surface area contributed by atoms with E-state index in [9.17, 15) is 4.79 Å². The quantitative estimate of drug-likeness (QED) is 0.350. The Kier molecular flexibility index (Phi) is 7.28. The summed E-state index contributed by atoms with van der Waals surface area (Å²) in [5.74, 6) is 1.72. The van der Waals surface area contributed by atoms with Crippen molar-refractivity contribution in [3.05, 3.63) is 47.7 Å². The molecule has 182 valence electrons. The minimum Gasteiger partial charge on any atom is -0.366 e. The van der Waals surface area contributed by atoms with Crippen LogP contribution in [0.5, 0.6) is 0 Å². The van der Waals surface area contributed by atoms with Crippen LogP contribution in [0.25, 0.3) is 5.65 Å². The van der Waals surface area contributed by atoms with Gasteiger partial charge in [-0.1, -0.05) is 26.0 Å². The summed E-state index contributed by atoms with van der Waals surface area (Å²) in [7, 11) is 0. The highest BCUT2D eigenvalue weighted by molar-refractivity contribution is 6.29. The van der Waals surface area contributed by atoms with E-state index in [0.717, 1.165) is 53.5 Å². The van der Waals surface area contributed by atoms with Gasteiger partial charge in [0.2, 0.25) is 5.91 Å². The molecule has 0 bridgehead atoms. The van der Waals surface area contributed by atoms with Crippen molar-refractivity contribution in [1.29, 1.82) is 0 Å². The number of nitrogens with zero attached hydrogens (tertiary/aromatic N) is 3. The largest absolute Gasteiger partial charge is 0.366 e. The van der Waals surface area contributed by atoms with E-state index in [4.69, 9.17) is 16.6 Å². The van der Waals surface area contributed by atoms with E-state index in [-0.39, 0.29) is 17.3 Å². The molecular weight excluding hydrogens is 450 g/mol. The molecular formula is C25H34ClN7O. The van der Waals surface area contributed by atoms with Gasteiger partial charge in [-0.25, -0.2) is 4.98 Å². The summed E-state index contributed by atoms with van der Waals surface area (Å²) < 4.78 is 1.86. The number of rotatable bonds is 8. The fourth-order valence-electron chi connectivity index (χ4n) is 4.19. The van der Waals surface area contributed by atoms with Crippen LogP contribution in [0.1, 0.15) is 57.6 Å². The fourth-order valence-corrected chi connectivity index (χ4v) is 4.26. The van der Waals surface area contributed by atoms with E-state index in [1.807, 2.05) is 41.0 Å². The molecule has 0 saturated carbocycles. The van der Waals surface area contributed by atoms with E-state index in [1.165, 1.54) is 0 Å². The minimum atomic E-state index is -0.225. The minimum absolute atomic E-state index is 0.0707. The number of benzene rings is 1. The average molecular weight is 484 g/mol. The maximum Gasteiger partial charge on any atom is 0.239 e. The van der Waals surface area contributed by atoms with Crippen molar-refractivity contribution in [2.45, 2.75) is 64.6 Å². The Labute approximate surface area is 205 Å². The molecule has 3 aromatic rings. The van der Waals surface area contributed by atoms with Crippen LogP contribution < -0.4 is 21.3 Å². The van der Waals surface area contributed by atoms with Gasteiger partial charge in [0.05, 0.1) is 6.20 Å². The maximum atomic E-state index is 11.6. The zero-order valence-corrected chi connectivity index (χ0v) is 21.0. The van der Waals surface area contributed by atoms with Crippen LogP contribution in [0, 0.1) is 0 Å². The van der Waals surface area contributed by atoms with Crippen molar-refractivity contribution in [2.24, 2.45) is 0 Å². The number of anilines is 3. The van der Waals surface area contributed by atoms with Crippen molar-refractivity contribution in [1.82, 2.24) is 19.9 Å². The first kappa shape index (κ1) is 24.3. The number of hydrogen-bond donors (Lipinski definition) is 4. The molecule has 4 N–H and O–H groups in total. The molecule has 0 aliphatic carbocycles. The predicted octanol–water partition coefficient (Wildman–Crippen LogP) is 4.58. The molecule has 1 aliphatic heterocycles. The van der Waals surface area contributed by atoms with Crippen LogP contribution in [-0.2, 0) is 11.3 Å². The summed E-state index contributed by atoms with van der Waals surface area (Å²) in [6, 6.07) is 10.1. The molecule has 0 unspecified atom stereocenters. The number of fused-ring (bicyclic) bond motifs is 1. The third-order valence-electron chi connectivity index (χ3n) is 6.22. The van der Waals surface area contributed by atoms with Crippen LogP contribution in [0.15, 0.2) is 36.5 Å². The molecule has 1 atom stereocenters. The molecule has 1 fully saturated rings. The van der Waals surface area contributed by atoms with Crippen LogP contribution in [0.3, 0.4) is 0 Å². The van der Waals surface area contributed by atoms with Crippen LogP contribution >= 0.6 is 11.6 Å².